The molecule has 1 heterocycles. The number of thiazole rings is 1. The molecule has 0 unspecified atom stereocenters. The second-order valence-electron chi connectivity index (χ2n) is 5.27. The lowest BCUT2D eigenvalue weighted by atomic mass is 10.1. The van der Waals surface area contributed by atoms with Gasteiger partial charge < -0.3 is 15.4 Å². The molecule has 0 bridgehead atoms. The minimum atomic E-state index is -0.341. The third-order valence-corrected chi connectivity index (χ3v) is 4.16. The van der Waals surface area contributed by atoms with Crippen molar-refractivity contribution in [2.45, 2.75) is 6.92 Å². The van der Waals surface area contributed by atoms with Gasteiger partial charge >= 0.3 is 0 Å². The summed E-state index contributed by atoms with van der Waals surface area (Å²) in [5, 5.41) is 8.41. The first-order chi connectivity index (χ1) is 12.0. The minimum absolute atomic E-state index is 0.116. The fourth-order valence-corrected chi connectivity index (χ4v) is 3.03. The van der Waals surface area contributed by atoms with Crippen LogP contribution in [-0.4, -0.2) is 18.0 Å². The Kier molecular flexibility index (Phi) is 4.95. The molecule has 7 heteroatoms. The molecule has 2 N–H and O–H groups in total. The normalized spacial score (nSPS) is 10.4. The van der Waals surface area contributed by atoms with E-state index in [2.05, 4.69) is 15.6 Å². The molecule has 1 amide bonds. The van der Waals surface area contributed by atoms with Crippen molar-refractivity contribution >= 4 is 33.8 Å². The van der Waals surface area contributed by atoms with E-state index in [0.29, 0.717) is 22.1 Å². The number of anilines is 3. The fourth-order valence-electron chi connectivity index (χ4n) is 2.30. The molecule has 0 fully saturated rings. The van der Waals surface area contributed by atoms with Crippen LogP contribution in [0.25, 0.3) is 11.3 Å². The van der Waals surface area contributed by atoms with E-state index in [1.54, 1.807) is 25.3 Å². The maximum atomic E-state index is 13.5. The third kappa shape index (κ3) is 4.13. The van der Waals surface area contributed by atoms with Gasteiger partial charge in [0.1, 0.15) is 11.6 Å². The van der Waals surface area contributed by atoms with E-state index in [1.165, 1.54) is 30.4 Å². The molecule has 0 saturated heterocycles. The number of nitrogens with one attached hydrogen (secondary N) is 2. The van der Waals surface area contributed by atoms with E-state index < -0.39 is 0 Å². The van der Waals surface area contributed by atoms with Crippen molar-refractivity contribution in [1.82, 2.24) is 4.98 Å². The number of ether oxygens (including phenoxy) is 1. The summed E-state index contributed by atoms with van der Waals surface area (Å²) in [6.45, 7) is 1.46. The van der Waals surface area contributed by atoms with E-state index in [-0.39, 0.29) is 11.7 Å². The van der Waals surface area contributed by atoms with Crippen LogP contribution in [0.15, 0.2) is 47.8 Å². The van der Waals surface area contributed by atoms with E-state index in [9.17, 15) is 9.18 Å². The summed E-state index contributed by atoms with van der Waals surface area (Å²) in [6.07, 6.45) is 0. The average molecular weight is 357 g/mol. The summed E-state index contributed by atoms with van der Waals surface area (Å²) in [4.78, 5) is 15.5. The highest BCUT2D eigenvalue weighted by Crippen LogP contribution is 2.33. The lowest BCUT2D eigenvalue weighted by Crippen LogP contribution is -2.05. The molecular formula is C18H16FN3O2S. The summed E-state index contributed by atoms with van der Waals surface area (Å²) in [5.41, 5.74) is 2.80. The molecule has 5 nitrogen and oxygen atoms in total. The highest BCUT2D eigenvalue weighted by molar-refractivity contribution is 7.14. The molecule has 3 aromatic rings. The first-order valence-electron chi connectivity index (χ1n) is 7.49. The molecule has 2 aromatic carbocycles. The smallest absolute Gasteiger partial charge is 0.221 e. The van der Waals surface area contributed by atoms with Crippen LogP contribution in [0.1, 0.15) is 6.92 Å². The Balaban J connectivity index is 1.78. The summed E-state index contributed by atoms with van der Waals surface area (Å²) < 4.78 is 18.8. The largest absolute Gasteiger partial charge is 0.496 e. The van der Waals surface area contributed by atoms with E-state index in [0.717, 1.165) is 11.4 Å². The number of benzene rings is 2. The van der Waals surface area contributed by atoms with Crippen LogP contribution < -0.4 is 15.4 Å². The van der Waals surface area contributed by atoms with E-state index in [4.69, 9.17) is 4.74 Å². The van der Waals surface area contributed by atoms with Crippen molar-refractivity contribution in [3.8, 4) is 17.0 Å². The van der Waals surface area contributed by atoms with Crippen LogP contribution in [-0.2, 0) is 4.79 Å². The predicted molar refractivity (Wildman–Crippen MR) is 98.1 cm³/mol. The molecular weight excluding hydrogens is 341 g/mol. The molecule has 0 atom stereocenters. The zero-order chi connectivity index (χ0) is 17.8. The predicted octanol–water partition coefficient (Wildman–Crippen LogP) is 4.66. The summed E-state index contributed by atoms with van der Waals surface area (Å²) >= 11 is 1.41. The van der Waals surface area contributed by atoms with Crippen LogP contribution in [0.2, 0.25) is 0 Å². The van der Waals surface area contributed by atoms with Gasteiger partial charge in [0, 0.05) is 29.2 Å². The molecule has 1 aromatic heterocycles. The van der Waals surface area contributed by atoms with Gasteiger partial charge in [-0.15, -0.1) is 11.3 Å². The number of methoxy groups -OCH3 is 1. The Morgan fingerprint density at radius 1 is 1.16 bits per heavy atom. The topological polar surface area (TPSA) is 63.2 Å². The van der Waals surface area contributed by atoms with Gasteiger partial charge in [0.2, 0.25) is 5.91 Å². The number of aromatic nitrogens is 1. The van der Waals surface area contributed by atoms with Crippen molar-refractivity contribution in [3.63, 3.8) is 0 Å². The van der Waals surface area contributed by atoms with Crippen molar-refractivity contribution in [3.05, 3.63) is 53.7 Å². The monoisotopic (exact) mass is 357 g/mol. The van der Waals surface area contributed by atoms with Crippen molar-refractivity contribution in [2.75, 3.05) is 17.7 Å². The maximum Gasteiger partial charge on any atom is 0.221 e. The first kappa shape index (κ1) is 16.9. The van der Waals surface area contributed by atoms with Crippen LogP contribution in [0.3, 0.4) is 0 Å². The molecule has 0 spiro atoms. The molecule has 25 heavy (non-hydrogen) atoms. The Morgan fingerprint density at radius 2 is 1.88 bits per heavy atom. The SMILES string of the molecule is COc1ccc(F)cc1-c1csc(Nc2ccc(NC(C)=O)cc2)n1. The number of halogens is 1. The van der Waals surface area contributed by atoms with Crippen LogP contribution in [0.4, 0.5) is 20.9 Å². The fraction of sp³-hybridized carbons (Fsp3) is 0.111. The van der Waals surface area contributed by atoms with E-state index >= 15 is 0 Å². The second-order valence-corrected chi connectivity index (χ2v) is 6.12. The maximum absolute atomic E-state index is 13.5. The number of carbonyl (C=O) groups is 1. The quantitative estimate of drug-likeness (QED) is 0.697. The van der Waals surface area contributed by atoms with Crippen LogP contribution in [0, 0.1) is 5.82 Å². The Labute approximate surface area is 148 Å². The second kappa shape index (κ2) is 7.31. The Morgan fingerprint density at radius 3 is 2.56 bits per heavy atom. The average Bonchev–Trinajstić information content (AvgIpc) is 3.04. The van der Waals surface area contributed by atoms with Gasteiger partial charge in [0.15, 0.2) is 5.13 Å². The lowest BCUT2D eigenvalue weighted by Gasteiger charge is -2.06. The molecule has 3 rings (SSSR count). The number of amides is 1. The van der Waals surface area contributed by atoms with Gasteiger partial charge in [-0.1, -0.05) is 0 Å². The molecule has 0 aliphatic carbocycles. The van der Waals surface area contributed by atoms with Gasteiger partial charge in [0.05, 0.1) is 12.8 Å². The molecule has 0 aliphatic heterocycles. The molecule has 0 aliphatic rings. The van der Waals surface area contributed by atoms with Gasteiger partial charge in [-0.3, -0.25) is 4.79 Å². The number of hydrogen-bond acceptors (Lipinski definition) is 5. The zero-order valence-electron chi connectivity index (χ0n) is 13.7. The molecule has 0 saturated carbocycles. The third-order valence-electron chi connectivity index (χ3n) is 3.40. The van der Waals surface area contributed by atoms with Crippen molar-refractivity contribution in [1.29, 1.82) is 0 Å². The number of carbonyl (C=O) groups excluding carboxylic acids is 1. The number of rotatable bonds is 5. The highest BCUT2D eigenvalue weighted by atomic mass is 32.1. The minimum Gasteiger partial charge on any atom is -0.496 e. The van der Waals surface area contributed by atoms with Gasteiger partial charge in [-0.05, 0) is 42.5 Å². The summed E-state index contributed by atoms with van der Waals surface area (Å²) in [5.74, 6) is 0.110. The zero-order valence-corrected chi connectivity index (χ0v) is 14.5. The highest BCUT2D eigenvalue weighted by Gasteiger charge is 2.11. The molecule has 128 valence electrons. The standard InChI is InChI=1S/C18H16FN3O2S/c1-11(23)20-13-4-6-14(7-5-13)21-18-22-16(10-25-18)15-9-12(19)3-8-17(15)24-2/h3-10H,1-2H3,(H,20,23)(H,21,22). The molecule has 0 radical (unpaired) electrons. The number of hydrogen-bond donors (Lipinski definition) is 2. The van der Waals surface area contributed by atoms with Gasteiger partial charge in [-0.25, -0.2) is 9.37 Å². The summed E-state index contributed by atoms with van der Waals surface area (Å²) in [6, 6.07) is 11.6. The summed E-state index contributed by atoms with van der Waals surface area (Å²) in [7, 11) is 1.54. The van der Waals surface area contributed by atoms with E-state index in [1.807, 2.05) is 17.5 Å². The Hall–Kier alpha value is -2.93. The lowest BCUT2D eigenvalue weighted by molar-refractivity contribution is -0.114. The van der Waals surface area contributed by atoms with Crippen molar-refractivity contribution < 1.29 is 13.9 Å². The van der Waals surface area contributed by atoms with Crippen molar-refractivity contribution in [2.24, 2.45) is 0 Å². The van der Waals surface area contributed by atoms with Gasteiger partial charge in [-0.2, -0.15) is 0 Å². The number of nitrogens with zero attached hydrogens (tertiary/aromatic N) is 1. The van der Waals surface area contributed by atoms with Crippen LogP contribution in [0.5, 0.6) is 5.75 Å². The van der Waals surface area contributed by atoms with Crippen LogP contribution >= 0.6 is 11.3 Å². The first-order valence-corrected chi connectivity index (χ1v) is 8.37. The van der Waals surface area contributed by atoms with Gasteiger partial charge in [0.25, 0.3) is 0 Å². The Bertz CT molecular complexity index is 894.